The molecule has 0 N–H and O–H groups in total. The van der Waals surface area contributed by atoms with Crippen molar-refractivity contribution in [2.24, 2.45) is 0 Å². The Kier molecular flexibility index (Phi) is 6.14. The van der Waals surface area contributed by atoms with Crippen LogP contribution >= 0.6 is 11.3 Å². The Balaban J connectivity index is 1.74. The average Bonchev–Trinajstić information content (AvgIpc) is 2.88. The van der Waals surface area contributed by atoms with Crippen molar-refractivity contribution in [1.29, 1.82) is 0 Å². The molecule has 1 aliphatic heterocycles. The quantitative estimate of drug-likeness (QED) is 0.794. The maximum atomic E-state index is 11.7. The lowest BCUT2D eigenvalue weighted by atomic mass is 10.3. The molecule has 0 saturated carbocycles. The Morgan fingerprint density at radius 2 is 1.95 bits per heavy atom. The third-order valence-electron chi connectivity index (χ3n) is 3.77. The van der Waals surface area contributed by atoms with Gasteiger partial charge in [0.25, 0.3) is 0 Å². The zero-order valence-electron chi connectivity index (χ0n) is 13.3. The molecule has 1 aromatic heterocycles. The van der Waals surface area contributed by atoms with Crippen LogP contribution in [0.4, 0.5) is 0 Å². The minimum Gasteiger partial charge on any atom is -0.348 e. The maximum Gasteiger partial charge on any atom is 0.236 e. The van der Waals surface area contributed by atoms with Gasteiger partial charge in [-0.3, -0.25) is 14.6 Å². The Labute approximate surface area is 131 Å². The summed E-state index contributed by atoms with van der Waals surface area (Å²) in [4.78, 5) is 22.7. The predicted molar refractivity (Wildman–Crippen MR) is 86.5 cm³/mol. The number of carbonyl (C=O) groups excluding carboxylic acids is 1. The highest BCUT2D eigenvalue weighted by molar-refractivity contribution is 7.09. The van der Waals surface area contributed by atoms with Gasteiger partial charge in [0.2, 0.25) is 5.91 Å². The summed E-state index contributed by atoms with van der Waals surface area (Å²) >= 11 is 1.78. The lowest BCUT2D eigenvalue weighted by molar-refractivity contribution is -0.130. The van der Waals surface area contributed by atoms with Crippen molar-refractivity contribution in [3.05, 3.63) is 16.1 Å². The van der Waals surface area contributed by atoms with E-state index in [1.54, 1.807) is 16.2 Å². The zero-order chi connectivity index (χ0) is 15.2. The number of hydrogen-bond donors (Lipinski definition) is 0. The summed E-state index contributed by atoms with van der Waals surface area (Å²) in [5, 5.41) is 3.44. The van der Waals surface area contributed by atoms with Gasteiger partial charge in [0.1, 0.15) is 0 Å². The number of carbonyl (C=O) groups is 1. The van der Waals surface area contributed by atoms with E-state index in [0.29, 0.717) is 6.54 Å². The molecule has 0 aliphatic carbocycles. The van der Waals surface area contributed by atoms with Crippen molar-refractivity contribution in [3.63, 3.8) is 0 Å². The molecule has 1 aromatic rings. The second kappa shape index (κ2) is 7.87. The van der Waals surface area contributed by atoms with Crippen LogP contribution in [0.15, 0.2) is 5.38 Å². The molecule has 118 valence electrons. The lowest BCUT2D eigenvalue weighted by Crippen LogP contribution is -2.48. The summed E-state index contributed by atoms with van der Waals surface area (Å²) in [6.07, 6.45) is 2.25. The van der Waals surface area contributed by atoms with E-state index in [2.05, 4.69) is 27.1 Å². The Hall–Kier alpha value is -0.980. The molecule has 0 atom stereocenters. The number of hydrogen-bond acceptors (Lipinski definition) is 5. The minimum absolute atomic E-state index is 0.187. The van der Waals surface area contributed by atoms with Crippen molar-refractivity contribution >= 4 is 17.2 Å². The normalized spacial score (nSPS) is 17.1. The number of nitrogens with zero attached hydrogens (tertiary/aromatic N) is 4. The molecule has 0 aromatic carbocycles. The van der Waals surface area contributed by atoms with Crippen LogP contribution in [0.25, 0.3) is 0 Å². The number of piperazine rings is 1. The molecular weight excluding hydrogens is 284 g/mol. The number of thiazole rings is 1. The number of aromatic nitrogens is 1. The first kappa shape index (κ1) is 16.4. The Morgan fingerprint density at radius 1 is 1.29 bits per heavy atom. The summed E-state index contributed by atoms with van der Waals surface area (Å²) in [5.74, 6) is 0.187. The first-order valence-corrected chi connectivity index (χ1v) is 8.54. The first-order chi connectivity index (χ1) is 10.1. The fourth-order valence-corrected chi connectivity index (χ4v) is 3.31. The molecular formula is C15H26N4OS. The monoisotopic (exact) mass is 310 g/mol. The second-order valence-electron chi connectivity index (χ2n) is 5.82. The van der Waals surface area contributed by atoms with Gasteiger partial charge in [0.15, 0.2) is 0 Å². The van der Waals surface area contributed by atoms with Gasteiger partial charge in [0.05, 0.1) is 17.2 Å². The van der Waals surface area contributed by atoms with E-state index in [1.807, 2.05) is 14.1 Å². The van der Waals surface area contributed by atoms with Gasteiger partial charge >= 0.3 is 0 Å². The van der Waals surface area contributed by atoms with Crippen LogP contribution in [0.2, 0.25) is 0 Å². The molecule has 0 spiro atoms. The number of rotatable bonds is 6. The molecule has 1 aliphatic rings. The van der Waals surface area contributed by atoms with Crippen LogP contribution in [-0.2, 0) is 17.8 Å². The van der Waals surface area contributed by atoms with E-state index in [9.17, 15) is 4.79 Å². The second-order valence-corrected chi connectivity index (χ2v) is 6.77. The third-order valence-corrected chi connectivity index (χ3v) is 4.73. The van der Waals surface area contributed by atoms with Gasteiger partial charge in [-0.15, -0.1) is 11.3 Å². The topological polar surface area (TPSA) is 39.7 Å². The first-order valence-electron chi connectivity index (χ1n) is 7.66. The van der Waals surface area contributed by atoms with Crippen molar-refractivity contribution < 1.29 is 4.79 Å². The van der Waals surface area contributed by atoms with Crippen molar-refractivity contribution in [2.75, 3.05) is 46.8 Å². The van der Waals surface area contributed by atoms with Crippen LogP contribution in [-0.4, -0.2) is 72.4 Å². The Morgan fingerprint density at radius 3 is 2.57 bits per heavy atom. The van der Waals surface area contributed by atoms with Crippen LogP contribution in [0.1, 0.15) is 24.0 Å². The van der Waals surface area contributed by atoms with Crippen molar-refractivity contribution in [3.8, 4) is 0 Å². The molecule has 1 saturated heterocycles. The number of aryl methyl sites for hydroxylation is 1. The fourth-order valence-electron chi connectivity index (χ4n) is 2.42. The SMILES string of the molecule is CCCc1nc(CN2CCN(CC(=O)N(C)C)CC2)cs1. The van der Waals surface area contributed by atoms with Gasteiger partial charge in [0, 0.05) is 52.2 Å². The summed E-state index contributed by atoms with van der Waals surface area (Å²) in [7, 11) is 3.63. The molecule has 0 unspecified atom stereocenters. The van der Waals surface area contributed by atoms with Crippen LogP contribution in [0.5, 0.6) is 0 Å². The van der Waals surface area contributed by atoms with Crippen molar-refractivity contribution in [2.45, 2.75) is 26.3 Å². The van der Waals surface area contributed by atoms with Gasteiger partial charge in [-0.05, 0) is 12.8 Å². The highest BCUT2D eigenvalue weighted by Crippen LogP contribution is 2.14. The van der Waals surface area contributed by atoms with Gasteiger partial charge in [-0.25, -0.2) is 4.98 Å². The van der Waals surface area contributed by atoms with E-state index in [1.165, 1.54) is 10.7 Å². The van der Waals surface area contributed by atoms with E-state index in [4.69, 9.17) is 0 Å². The standard InChI is InChI=1S/C15H26N4OS/c1-4-5-14-16-13(12-21-14)10-18-6-8-19(9-7-18)11-15(20)17(2)3/h12H,4-11H2,1-3H3. The molecule has 1 fully saturated rings. The average molecular weight is 310 g/mol. The summed E-state index contributed by atoms with van der Waals surface area (Å²) < 4.78 is 0. The fraction of sp³-hybridized carbons (Fsp3) is 0.733. The summed E-state index contributed by atoms with van der Waals surface area (Å²) in [6.45, 7) is 7.63. The molecule has 2 rings (SSSR count). The lowest BCUT2D eigenvalue weighted by Gasteiger charge is -2.34. The van der Waals surface area contributed by atoms with Crippen LogP contribution in [0, 0.1) is 0 Å². The highest BCUT2D eigenvalue weighted by Gasteiger charge is 2.20. The molecule has 5 nitrogen and oxygen atoms in total. The molecule has 1 amide bonds. The molecule has 0 bridgehead atoms. The van der Waals surface area contributed by atoms with Gasteiger partial charge < -0.3 is 4.90 Å². The predicted octanol–water partition coefficient (Wildman–Crippen LogP) is 1.30. The van der Waals surface area contributed by atoms with Crippen LogP contribution in [0.3, 0.4) is 0 Å². The van der Waals surface area contributed by atoms with E-state index in [0.717, 1.165) is 45.6 Å². The highest BCUT2D eigenvalue weighted by atomic mass is 32.1. The largest absolute Gasteiger partial charge is 0.348 e. The number of amides is 1. The molecule has 2 heterocycles. The number of likely N-dealkylation sites (N-methyl/N-ethyl adjacent to an activating group) is 1. The van der Waals surface area contributed by atoms with E-state index in [-0.39, 0.29) is 5.91 Å². The minimum atomic E-state index is 0.187. The van der Waals surface area contributed by atoms with Gasteiger partial charge in [-0.2, -0.15) is 0 Å². The van der Waals surface area contributed by atoms with Gasteiger partial charge in [-0.1, -0.05) is 6.92 Å². The maximum absolute atomic E-state index is 11.7. The molecule has 6 heteroatoms. The molecule has 21 heavy (non-hydrogen) atoms. The molecule has 0 radical (unpaired) electrons. The van der Waals surface area contributed by atoms with E-state index < -0.39 is 0 Å². The van der Waals surface area contributed by atoms with E-state index >= 15 is 0 Å². The van der Waals surface area contributed by atoms with Crippen molar-refractivity contribution in [1.82, 2.24) is 19.7 Å². The third kappa shape index (κ3) is 5.05. The van der Waals surface area contributed by atoms with Crippen LogP contribution < -0.4 is 0 Å². The summed E-state index contributed by atoms with van der Waals surface area (Å²) in [6, 6.07) is 0. The Bertz CT molecular complexity index is 452. The smallest absolute Gasteiger partial charge is 0.236 e. The zero-order valence-corrected chi connectivity index (χ0v) is 14.2. The summed E-state index contributed by atoms with van der Waals surface area (Å²) in [5.41, 5.74) is 1.20.